The number of amidine groups is 1. The highest BCUT2D eigenvalue weighted by molar-refractivity contribution is 8.18. The summed E-state index contributed by atoms with van der Waals surface area (Å²) in [5, 5.41) is 0.718. The molecule has 5 nitrogen and oxygen atoms in total. The van der Waals surface area contributed by atoms with Crippen molar-refractivity contribution in [2.45, 2.75) is 12.8 Å². The summed E-state index contributed by atoms with van der Waals surface area (Å²) in [5.74, 6) is -0.244. The molecule has 2 heterocycles. The molecule has 140 valence electrons. The SMILES string of the molecule is CP(C)(=O)CCOc1ccc(F)cc1/C=C1\SC(N2CCCC2)=NC1=O. The lowest BCUT2D eigenvalue weighted by atomic mass is 10.1. The fourth-order valence-corrected chi connectivity index (χ4v) is 4.21. The van der Waals surface area contributed by atoms with Gasteiger partial charge in [-0.15, -0.1) is 0 Å². The minimum absolute atomic E-state index is 0.280. The zero-order valence-corrected chi connectivity index (χ0v) is 16.6. The van der Waals surface area contributed by atoms with E-state index in [1.807, 2.05) is 0 Å². The number of carbonyl (C=O) groups is 1. The van der Waals surface area contributed by atoms with Gasteiger partial charge in [0.25, 0.3) is 5.91 Å². The Kier molecular flexibility index (Phi) is 5.88. The number of hydrogen-bond donors (Lipinski definition) is 0. The molecule has 1 aromatic rings. The van der Waals surface area contributed by atoms with Crippen LogP contribution < -0.4 is 4.74 Å². The minimum atomic E-state index is -2.18. The second-order valence-electron chi connectivity index (χ2n) is 6.83. The Morgan fingerprint density at radius 2 is 2.08 bits per heavy atom. The zero-order chi connectivity index (χ0) is 18.7. The number of aliphatic imine (C=N–C) groups is 1. The van der Waals surface area contributed by atoms with E-state index in [0.29, 0.717) is 22.4 Å². The maximum absolute atomic E-state index is 13.7. The Hall–Kier alpha value is -1.59. The lowest BCUT2D eigenvalue weighted by Crippen LogP contribution is -2.23. The third-order valence-electron chi connectivity index (χ3n) is 4.13. The summed E-state index contributed by atoms with van der Waals surface area (Å²) < 4.78 is 31.2. The number of halogens is 1. The average Bonchev–Trinajstić information content (AvgIpc) is 3.19. The molecule has 26 heavy (non-hydrogen) atoms. The first-order valence-corrected chi connectivity index (χ1v) is 12.2. The van der Waals surface area contributed by atoms with Crippen LogP contribution in [0.1, 0.15) is 18.4 Å². The Morgan fingerprint density at radius 3 is 2.77 bits per heavy atom. The van der Waals surface area contributed by atoms with Crippen molar-refractivity contribution in [3.8, 4) is 5.75 Å². The van der Waals surface area contributed by atoms with Crippen LogP contribution in [0.2, 0.25) is 0 Å². The fraction of sp³-hybridized carbons (Fsp3) is 0.444. The van der Waals surface area contributed by atoms with E-state index in [4.69, 9.17) is 4.74 Å². The summed E-state index contributed by atoms with van der Waals surface area (Å²) in [6, 6.07) is 4.18. The van der Waals surface area contributed by atoms with Crippen LogP contribution in [0.4, 0.5) is 4.39 Å². The van der Waals surface area contributed by atoms with Gasteiger partial charge < -0.3 is 14.2 Å². The number of nitrogens with zero attached hydrogens (tertiary/aromatic N) is 2. The minimum Gasteiger partial charge on any atom is -0.492 e. The highest BCUT2D eigenvalue weighted by Gasteiger charge is 2.27. The molecule has 0 N–H and O–H groups in total. The summed E-state index contributed by atoms with van der Waals surface area (Å²) in [6.07, 6.45) is 4.27. The molecule has 0 radical (unpaired) electrons. The quantitative estimate of drug-likeness (QED) is 0.558. The van der Waals surface area contributed by atoms with Gasteiger partial charge in [-0.05, 0) is 62.2 Å². The van der Waals surface area contributed by atoms with Crippen molar-refractivity contribution < 1.29 is 18.5 Å². The molecule has 2 aliphatic heterocycles. The number of amides is 1. The second kappa shape index (κ2) is 7.97. The zero-order valence-electron chi connectivity index (χ0n) is 14.9. The highest BCUT2D eigenvalue weighted by Crippen LogP contribution is 2.36. The van der Waals surface area contributed by atoms with Crippen LogP contribution in [0.25, 0.3) is 6.08 Å². The second-order valence-corrected chi connectivity index (χ2v) is 11.4. The lowest BCUT2D eigenvalue weighted by Gasteiger charge is -2.15. The first-order valence-electron chi connectivity index (χ1n) is 8.56. The van der Waals surface area contributed by atoms with E-state index in [1.54, 1.807) is 19.4 Å². The van der Waals surface area contributed by atoms with Crippen LogP contribution in [0, 0.1) is 5.82 Å². The van der Waals surface area contributed by atoms with Gasteiger partial charge in [-0.25, -0.2) is 4.39 Å². The number of thioether (sulfide) groups is 1. The maximum Gasteiger partial charge on any atom is 0.286 e. The molecule has 1 saturated heterocycles. The van der Waals surface area contributed by atoms with Crippen molar-refractivity contribution >= 4 is 36.1 Å². The van der Waals surface area contributed by atoms with Crippen LogP contribution in [0.15, 0.2) is 28.1 Å². The molecule has 0 bridgehead atoms. The van der Waals surface area contributed by atoms with Gasteiger partial charge in [0.1, 0.15) is 11.6 Å². The molecule has 0 saturated carbocycles. The molecule has 0 aliphatic carbocycles. The number of ether oxygens (including phenoxy) is 1. The fourth-order valence-electron chi connectivity index (χ4n) is 2.72. The first-order chi connectivity index (χ1) is 12.3. The normalized spacial score (nSPS) is 19.3. The molecule has 0 atom stereocenters. The molecular weight excluding hydrogens is 374 g/mol. The molecule has 0 spiro atoms. The van der Waals surface area contributed by atoms with Crippen molar-refractivity contribution in [3.63, 3.8) is 0 Å². The predicted molar refractivity (Wildman–Crippen MR) is 105 cm³/mol. The highest BCUT2D eigenvalue weighted by atomic mass is 32.2. The van der Waals surface area contributed by atoms with Gasteiger partial charge >= 0.3 is 0 Å². The molecule has 0 aromatic heterocycles. The Morgan fingerprint density at radius 1 is 1.35 bits per heavy atom. The molecule has 3 rings (SSSR count). The Bertz CT molecular complexity index is 813. The van der Waals surface area contributed by atoms with E-state index >= 15 is 0 Å². The maximum atomic E-state index is 13.7. The van der Waals surface area contributed by atoms with Gasteiger partial charge in [0, 0.05) is 24.8 Å². The monoisotopic (exact) mass is 396 g/mol. The third-order valence-corrected chi connectivity index (χ3v) is 6.44. The summed E-state index contributed by atoms with van der Waals surface area (Å²) in [4.78, 5) is 18.9. The van der Waals surface area contributed by atoms with Crippen molar-refractivity contribution in [1.82, 2.24) is 4.90 Å². The van der Waals surface area contributed by atoms with Crippen LogP contribution in [-0.4, -0.2) is 55.2 Å². The van der Waals surface area contributed by atoms with Crippen molar-refractivity contribution in [3.05, 3.63) is 34.5 Å². The number of likely N-dealkylation sites (tertiary alicyclic amines) is 1. The van der Waals surface area contributed by atoms with Crippen LogP contribution >= 0.6 is 18.9 Å². The van der Waals surface area contributed by atoms with Gasteiger partial charge in [-0.2, -0.15) is 4.99 Å². The number of benzene rings is 1. The van der Waals surface area contributed by atoms with Crippen LogP contribution in [0.3, 0.4) is 0 Å². The number of hydrogen-bond acceptors (Lipinski definition) is 5. The third kappa shape index (κ3) is 4.98. The van der Waals surface area contributed by atoms with E-state index in [1.165, 1.54) is 30.0 Å². The molecule has 8 heteroatoms. The first kappa shape index (κ1) is 19.2. The summed E-state index contributed by atoms with van der Waals surface area (Å²) in [5.41, 5.74) is 0.487. The predicted octanol–water partition coefficient (Wildman–Crippen LogP) is 3.89. The lowest BCUT2D eigenvalue weighted by molar-refractivity contribution is -0.113. The van der Waals surface area contributed by atoms with Gasteiger partial charge in [-0.3, -0.25) is 4.79 Å². The topological polar surface area (TPSA) is 59.0 Å². The van der Waals surface area contributed by atoms with E-state index in [0.717, 1.165) is 31.1 Å². The number of carbonyl (C=O) groups excluding carboxylic acids is 1. The molecule has 1 amide bonds. The van der Waals surface area contributed by atoms with E-state index < -0.39 is 13.0 Å². The standard InChI is InChI=1S/C18H22FN2O3PS/c1-25(2,23)10-9-24-15-6-5-14(19)11-13(15)12-16-17(22)20-18(26-16)21-7-3-4-8-21/h5-6,11-12H,3-4,7-10H2,1-2H3/b16-12-. The summed E-state index contributed by atoms with van der Waals surface area (Å²) in [7, 11) is -2.18. The van der Waals surface area contributed by atoms with E-state index in [9.17, 15) is 13.8 Å². The summed E-state index contributed by atoms with van der Waals surface area (Å²) >= 11 is 1.32. The molecule has 2 aliphatic rings. The Balaban J connectivity index is 1.76. The van der Waals surface area contributed by atoms with Gasteiger partial charge in [-0.1, -0.05) is 0 Å². The van der Waals surface area contributed by atoms with Crippen molar-refractivity contribution in [1.29, 1.82) is 0 Å². The van der Waals surface area contributed by atoms with Crippen molar-refractivity contribution in [2.75, 3.05) is 39.2 Å². The largest absolute Gasteiger partial charge is 0.492 e. The van der Waals surface area contributed by atoms with Crippen LogP contribution in [0.5, 0.6) is 5.75 Å². The van der Waals surface area contributed by atoms with E-state index in [2.05, 4.69) is 9.89 Å². The average molecular weight is 396 g/mol. The van der Waals surface area contributed by atoms with Crippen molar-refractivity contribution in [2.24, 2.45) is 4.99 Å². The number of rotatable bonds is 5. The smallest absolute Gasteiger partial charge is 0.286 e. The van der Waals surface area contributed by atoms with Gasteiger partial charge in [0.15, 0.2) is 5.17 Å². The molecular formula is C18H22FN2O3PS. The van der Waals surface area contributed by atoms with Gasteiger partial charge in [0.2, 0.25) is 0 Å². The van der Waals surface area contributed by atoms with Crippen LogP contribution in [-0.2, 0) is 9.36 Å². The van der Waals surface area contributed by atoms with Gasteiger partial charge in [0.05, 0.1) is 18.7 Å². The molecule has 1 aromatic carbocycles. The molecule has 1 fully saturated rings. The molecule has 0 unspecified atom stereocenters. The Labute approximate surface area is 157 Å². The summed E-state index contributed by atoms with van der Waals surface area (Å²) in [6.45, 7) is 5.51. The van der Waals surface area contributed by atoms with E-state index in [-0.39, 0.29) is 12.5 Å².